The van der Waals surface area contributed by atoms with Crippen LogP contribution >= 0.6 is 11.6 Å². The lowest BCUT2D eigenvalue weighted by atomic mass is 10.2. The molecule has 0 amide bonds. The second-order valence-electron chi connectivity index (χ2n) is 5.05. The van der Waals surface area contributed by atoms with Crippen LogP contribution < -0.4 is 5.32 Å². The van der Waals surface area contributed by atoms with Crippen LogP contribution in [0.15, 0.2) is 59.1 Å². The van der Waals surface area contributed by atoms with E-state index in [1.165, 1.54) is 7.11 Å². The molecule has 3 rings (SSSR count). The molecule has 1 N–H and O–H groups in total. The summed E-state index contributed by atoms with van der Waals surface area (Å²) in [6.45, 7) is 0.436. The third kappa shape index (κ3) is 3.75. The lowest BCUT2D eigenvalue weighted by Crippen LogP contribution is -2.02. The van der Waals surface area contributed by atoms with Crippen molar-refractivity contribution in [1.29, 1.82) is 0 Å². The van der Waals surface area contributed by atoms with Crippen molar-refractivity contribution in [1.82, 2.24) is 4.98 Å². The van der Waals surface area contributed by atoms with Crippen LogP contribution in [0.4, 0.5) is 5.69 Å². The Bertz CT molecular complexity index is 826. The molecule has 0 fully saturated rings. The summed E-state index contributed by atoms with van der Waals surface area (Å²) in [7, 11) is 1.36. The fourth-order valence-corrected chi connectivity index (χ4v) is 2.29. The number of ether oxygens (including phenoxy) is 1. The number of carbonyl (C=O) groups is 1. The van der Waals surface area contributed by atoms with Crippen LogP contribution in [-0.2, 0) is 11.3 Å². The molecular formula is C18H15ClN2O3. The number of oxazole rings is 1. The Kier molecular flexibility index (Phi) is 4.82. The number of methoxy groups -OCH3 is 1. The van der Waals surface area contributed by atoms with Crippen molar-refractivity contribution in [3.05, 3.63) is 71.2 Å². The zero-order valence-electron chi connectivity index (χ0n) is 13.0. The van der Waals surface area contributed by atoms with Gasteiger partial charge >= 0.3 is 5.97 Å². The first-order valence-electron chi connectivity index (χ1n) is 7.28. The minimum absolute atomic E-state index is 0.359. The van der Waals surface area contributed by atoms with Gasteiger partial charge in [0.2, 0.25) is 5.89 Å². The fourth-order valence-electron chi connectivity index (χ4n) is 2.16. The van der Waals surface area contributed by atoms with Gasteiger partial charge in [-0.15, -0.1) is 0 Å². The molecule has 0 aliphatic rings. The standard InChI is InChI=1S/C18H15ClN2O3/c1-23-18(22)13-4-8-15(9-5-13)20-11-17-21-10-16(24-17)12-2-6-14(19)7-3-12/h2-10,20H,11H2,1H3. The minimum Gasteiger partial charge on any atom is -0.465 e. The summed E-state index contributed by atoms with van der Waals surface area (Å²) in [5, 5.41) is 3.87. The summed E-state index contributed by atoms with van der Waals surface area (Å²) in [5.41, 5.74) is 2.28. The first-order valence-corrected chi connectivity index (χ1v) is 7.66. The molecule has 0 bridgehead atoms. The number of nitrogens with one attached hydrogen (secondary N) is 1. The van der Waals surface area contributed by atoms with Gasteiger partial charge in [0.1, 0.15) is 0 Å². The number of esters is 1. The van der Waals surface area contributed by atoms with Crippen LogP contribution in [0.3, 0.4) is 0 Å². The molecule has 0 saturated heterocycles. The number of aromatic nitrogens is 1. The summed E-state index contributed by atoms with van der Waals surface area (Å²) >= 11 is 5.88. The summed E-state index contributed by atoms with van der Waals surface area (Å²) in [4.78, 5) is 15.6. The van der Waals surface area contributed by atoms with E-state index in [9.17, 15) is 4.79 Å². The Balaban J connectivity index is 1.63. The number of benzene rings is 2. The van der Waals surface area contributed by atoms with E-state index >= 15 is 0 Å². The molecule has 0 unspecified atom stereocenters. The first-order chi connectivity index (χ1) is 11.7. The molecular weight excluding hydrogens is 328 g/mol. The molecule has 122 valence electrons. The second-order valence-corrected chi connectivity index (χ2v) is 5.48. The topological polar surface area (TPSA) is 64.4 Å². The fraction of sp³-hybridized carbons (Fsp3) is 0.111. The molecule has 0 aliphatic heterocycles. The molecule has 0 atom stereocenters. The summed E-state index contributed by atoms with van der Waals surface area (Å²) < 4.78 is 10.4. The van der Waals surface area contributed by atoms with Crippen LogP contribution in [0.5, 0.6) is 0 Å². The van der Waals surface area contributed by atoms with E-state index in [0.717, 1.165) is 11.3 Å². The third-order valence-electron chi connectivity index (χ3n) is 3.43. The van der Waals surface area contributed by atoms with Crippen LogP contribution in [0.1, 0.15) is 16.2 Å². The van der Waals surface area contributed by atoms with Gasteiger partial charge in [0.15, 0.2) is 5.76 Å². The molecule has 24 heavy (non-hydrogen) atoms. The normalized spacial score (nSPS) is 10.4. The predicted molar refractivity (Wildman–Crippen MR) is 92.1 cm³/mol. The van der Waals surface area contributed by atoms with Crippen molar-refractivity contribution in [2.24, 2.45) is 0 Å². The largest absolute Gasteiger partial charge is 0.465 e. The third-order valence-corrected chi connectivity index (χ3v) is 3.68. The van der Waals surface area contributed by atoms with Gasteiger partial charge in [-0.05, 0) is 48.5 Å². The van der Waals surface area contributed by atoms with Crippen LogP contribution in [-0.4, -0.2) is 18.1 Å². The highest BCUT2D eigenvalue weighted by Gasteiger charge is 2.07. The Morgan fingerprint density at radius 2 is 1.88 bits per heavy atom. The van der Waals surface area contributed by atoms with E-state index in [1.807, 2.05) is 12.1 Å². The molecule has 3 aromatic rings. The van der Waals surface area contributed by atoms with Gasteiger partial charge in [0.05, 0.1) is 25.4 Å². The molecule has 2 aromatic carbocycles. The van der Waals surface area contributed by atoms with Crippen LogP contribution in [0.25, 0.3) is 11.3 Å². The number of anilines is 1. The Morgan fingerprint density at radius 3 is 2.54 bits per heavy atom. The number of halogens is 1. The maximum atomic E-state index is 11.4. The van der Waals surface area contributed by atoms with E-state index in [4.69, 9.17) is 16.0 Å². The summed E-state index contributed by atoms with van der Waals surface area (Å²) in [6, 6.07) is 14.4. The Hall–Kier alpha value is -2.79. The van der Waals surface area contributed by atoms with Gasteiger partial charge in [-0.1, -0.05) is 11.6 Å². The zero-order chi connectivity index (χ0) is 16.9. The SMILES string of the molecule is COC(=O)c1ccc(NCc2ncc(-c3ccc(Cl)cc3)o2)cc1. The van der Waals surface area contributed by atoms with Crippen molar-refractivity contribution >= 4 is 23.3 Å². The van der Waals surface area contributed by atoms with E-state index in [0.29, 0.717) is 28.8 Å². The van der Waals surface area contributed by atoms with E-state index in [1.54, 1.807) is 42.6 Å². The monoisotopic (exact) mass is 342 g/mol. The maximum absolute atomic E-state index is 11.4. The van der Waals surface area contributed by atoms with Crippen LogP contribution in [0, 0.1) is 0 Å². The van der Waals surface area contributed by atoms with Gasteiger partial charge in [-0.25, -0.2) is 9.78 Å². The molecule has 0 aliphatic carbocycles. The van der Waals surface area contributed by atoms with E-state index in [-0.39, 0.29) is 5.97 Å². The maximum Gasteiger partial charge on any atom is 0.337 e. The minimum atomic E-state index is -0.359. The quantitative estimate of drug-likeness (QED) is 0.696. The van der Waals surface area contributed by atoms with Crippen molar-refractivity contribution in [3.8, 4) is 11.3 Å². The number of hydrogen-bond donors (Lipinski definition) is 1. The number of rotatable bonds is 5. The molecule has 0 saturated carbocycles. The van der Waals surface area contributed by atoms with Gasteiger partial charge in [-0.2, -0.15) is 0 Å². The number of carbonyl (C=O) groups excluding carboxylic acids is 1. The molecule has 1 heterocycles. The van der Waals surface area contributed by atoms with Crippen molar-refractivity contribution in [2.45, 2.75) is 6.54 Å². The Morgan fingerprint density at radius 1 is 1.17 bits per heavy atom. The average Bonchev–Trinajstić information content (AvgIpc) is 3.09. The van der Waals surface area contributed by atoms with E-state index < -0.39 is 0 Å². The molecule has 0 spiro atoms. The number of hydrogen-bond acceptors (Lipinski definition) is 5. The molecule has 0 radical (unpaired) electrons. The smallest absolute Gasteiger partial charge is 0.337 e. The lowest BCUT2D eigenvalue weighted by molar-refractivity contribution is 0.0601. The highest BCUT2D eigenvalue weighted by atomic mass is 35.5. The second kappa shape index (κ2) is 7.19. The summed E-state index contributed by atoms with van der Waals surface area (Å²) in [5.74, 6) is 0.892. The average molecular weight is 343 g/mol. The first kappa shape index (κ1) is 16.1. The number of nitrogens with zero attached hydrogens (tertiary/aromatic N) is 1. The highest BCUT2D eigenvalue weighted by molar-refractivity contribution is 6.30. The van der Waals surface area contributed by atoms with E-state index in [2.05, 4.69) is 15.0 Å². The van der Waals surface area contributed by atoms with Crippen molar-refractivity contribution < 1.29 is 13.9 Å². The van der Waals surface area contributed by atoms with Crippen LogP contribution in [0.2, 0.25) is 5.02 Å². The van der Waals surface area contributed by atoms with Gasteiger partial charge in [-0.3, -0.25) is 0 Å². The van der Waals surface area contributed by atoms with Crippen molar-refractivity contribution in [3.63, 3.8) is 0 Å². The Labute approximate surface area is 144 Å². The summed E-state index contributed by atoms with van der Waals surface area (Å²) in [6.07, 6.45) is 1.68. The van der Waals surface area contributed by atoms with Crippen molar-refractivity contribution in [2.75, 3.05) is 12.4 Å². The van der Waals surface area contributed by atoms with Gasteiger partial charge in [0.25, 0.3) is 0 Å². The molecule has 6 heteroatoms. The van der Waals surface area contributed by atoms with Gasteiger partial charge < -0.3 is 14.5 Å². The lowest BCUT2D eigenvalue weighted by Gasteiger charge is -2.05. The molecule has 1 aromatic heterocycles. The zero-order valence-corrected chi connectivity index (χ0v) is 13.7. The highest BCUT2D eigenvalue weighted by Crippen LogP contribution is 2.22. The molecule has 5 nitrogen and oxygen atoms in total. The van der Waals surface area contributed by atoms with Gasteiger partial charge in [0, 0.05) is 16.3 Å². The predicted octanol–water partition coefficient (Wildman–Crippen LogP) is 4.39.